The Morgan fingerprint density at radius 1 is 1.19 bits per heavy atom. The summed E-state index contributed by atoms with van der Waals surface area (Å²) in [6, 6.07) is 13.7. The van der Waals surface area contributed by atoms with Crippen molar-refractivity contribution in [2.24, 2.45) is 0 Å². The zero-order chi connectivity index (χ0) is 14.8. The quantitative estimate of drug-likeness (QED) is 0.730. The Labute approximate surface area is 131 Å². The van der Waals surface area contributed by atoms with Crippen molar-refractivity contribution in [1.29, 1.82) is 0 Å². The van der Waals surface area contributed by atoms with Gasteiger partial charge in [0.15, 0.2) is 5.82 Å². The fourth-order valence-electron chi connectivity index (χ4n) is 2.13. The van der Waals surface area contributed by atoms with Crippen molar-refractivity contribution in [3.05, 3.63) is 63.9 Å². The minimum atomic E-state index is 0.442. The molecule has 0 spiro atoms. The summed E-state index contributed by atoms with van der Waals surface area (Å²) in [5.41, 5.74) is 9.72. The zero-order valence-corrected chi connectivity index (χ0v) is 13.1. The first-order chi connectivity index (χ1) is 10.1. The maximum Gasteiger partial charge on any atom is 0.260 e. The zero-order valence-electron chi connectivity index (χ0n) is 11.5. The Balaban J connectivity index is 1.90. The SMILES string of the molecule is Cc1ccccc1Cc1noc(-c2cc(Br)ccc2N)n1. The largest absolute Gasteiger partial charge is 0.398 e. The van der Waals surface area contributed by atoms with Gasteiger partial charge in [-0.1, -0.05) is 45.4 Å². The first-order valence-corrected chi connectivity index (χ1v) is 7.35. The number of aryl methyl sites for hydroxylation is 1. The second-order valence-electron chi connectivity index (χ2n) is 4.85. The molecule has 0 fully saturated rings. The fourth-order valence-corrected chi connectivity index (χ4v) is 2.49. The van der Waals surface area contributed by atoms with Crippen molar-refractivity contribution < 1.29 is 4.52 Å². The number of hydrogen-bond acceptors (Lipinski definition) is 4. The van der Waals surface area contributed by atoms with Crippen molar-refractivity contribution in [2.75, 3.05) is 5.73 Å². The van der Waals surface area contributed by atoms with Crippen LogP contribution in [0.5, 0.6) is 0 Å². The number of anilines is 1. The summed E-state index contributed by atoms with van der Waals surface area (Å²) in [5.74, 6) is 1.09. The lowest BCUT2D eigenvalue weighted by Gasteiger charge is -2.01. The average Bonchev–Trinajstić information content (AvgIpc) is 2.92. The number of rotatable bonds is 3. The molecule has 3 aromatic rings. The Hall–Kier alpha value is -2.14. The van der Waals surface area contributed by atoms with Crippen molar-refractivity contribution in [3.8, 4) is 11.5 Å². The maximum atomic E-state index is 5.96. The van der Waals surface area contributed by atoms with E-state index in [1.807, 2.05) is 30.3 Å². The molecule has 0 amide bonds. The van der Waals surface area contributed by atoms with Gasteiger partial charge in [-0.15, -0.1) is 0 Å². The van der Waals surface area contributed by atoms with Crippen LogP contribution in [-0.4, -0.2) is 10.1 Å². The molecule has 21 heavy (non-hydrogen) atoms. The van der Waals surface area contributed by atoms with Gasteiger partial charge in [0.05, 0.1) is 5.56 Å². The molecule has 0 aliphatic heterocycles. The molecule has 0 aliphatic rings. The Morgan fingerprint density at radius 2 is 2.00 bits per heavy atom. The molecule has 106 valence electrons. The molecule has 5 heteroatoms. The van der Waals surface area contributed by atoms with Crippen molar-refractivity contribution in [3.63, 3.8) is 0 Å². The number of aromatic nitrogens is 2. The Morgan fingerprint density at radius 3 is 2.81 bits per heavy atom. The van der Waals surface area contributed by atoms with Gasteiger partial charge in [0.1, 0.15) is 0 Å². The van der Waals surface area contributed by atoms with Crippen LogP contribution in [-0.2, 0) is 6.42 Å². The lowest BCUT2D eigenvalue weighted by Crippen LogP contribution is -1.94. The average molecular weight is 344 g/mol. The van der Waals surface area contributed by atoms with Crippen molar-refractivity contribution in [2.45, 2.75) is 13.3 Å². The molecule has 2 N–H and O–H groups in total. The monoisotopic (exact) mass is 343 g/mol. The van der Waals surface area contributed by atoms with Gasteiger partial charge in [0, 0.05) is 16.6 Å². The van der Waals surface area contributed by atoms with Gasteiger partial charge >= 0.3 is 0 Å². The predicted molar refractivity (Wildman–Crippen MR) is 85.8 cm³/mol. The van der Waals surface area contributed by atoms with E-state index in [4.69, 9.17) is 10.3 Å². The molecule has 4 nitrogen and oxygen atoms in total. The number of nitrogen functional groups attached to an aromatic ring is 1. The third kappa shape index (κ3) is 2.97. The van der Waals surface area contributed by atoms with E-state index in [9.17, 15) is 0 Å². The standard InChI is InChI=1S/C16H14BrN3O/c1-10-4-2-3-5-11(10)8-15-19-16(21-20-15)13-9-12(17)6-7-14(13)18/h2-7,9H,8,18H2,1H3. The van der Waals surface area contributed by atoms with E-state index in [2.05, 4.69) is 45.1 Å². The molecule has 2 aromatic carbocycles. The molecule has 0 atom stereocenters. The first-order valence-electron chi connectivity index (χ1n) is 6.56. The topological polar surface area (TPSA) is 64.9 Å². The number of nitrogens with zero attached hydrogens (tertiary/aromatic N) is 2. The minimum absolute atomic E-state index is 0.442. The smallest absolute Gasteiger partial charge is 0.260 e. The predicted octanol–water partition coefficient (Wildman–Crippen LogP) is 3.98. The Bertz CT molecular complexity index is 783. The molecule has 0 saturated carbocycles. The van der Waals surface area contributed by atoms with E-state index in [1.54, 1.807) is 0 Å². The minimum Gasteiger partial charge on any atom is -0.398 e. The summed E-state index contributed by atoms with van der Waals surface area (Å²) in [7, 11) is 0. The van der Waals surface area contributed by atoms with E-state index >= 15 is 0 Å². The van der Waals surface area contributed by atoms with Crippen LogP contribution in [0.15, 0.2) is 51.5 Å². The summed E-state index contributed by atoms with van der Waals surface area (Å²) in [5, 5.41) is 4.04. The van der Waals surface area contributed by atoms with Crippen LogP contribution in [0.25, 0.3) is 11.5 Å². The highest BCUT2D eigenvalue weighted by Gasteiger charge is 2.13. The van der Waals surface area contributed by atoms with Gasteiger partial charge in [-0.3, -0.25) is 0 Å². The molecule has 3 rings (SSSR count). The van der Waals surface area contributed by atoms with Crippen molar-refractivity contribution >= 4 is 21.6 Å². The lowest BCUT2D eigenvalue weighted by molar-refractivity contribution is 0.424. The highest BCUT2D eigenvalue weighted by atomic mass is 79.9. The van der Waals surface area contributed by atoms with E-state index in [1.165, 1.54) is 11.1 Å². The summed E-state index contributed by atoms with van der Waals surface area (Å²) < 4.78 is 6.26. The lowest BCUT2D eigenvalue weighted by atomic mass is 10.1. The van der Waals surface area contributed by atoms with Gasteiger partial charge in [-0.2, -0.15) is 4.98 Å². The molecule has 0 bridgehead atoms. The van der Waals surface area contributed by atoms with Crippen LogP contribution in [0.4, 0.5) is 5.69 Å². The van der Waals surface area contributed by atoms with Gasteiger partial charge < -0.3 is 10.3 Å². The third-order valence-electron chi connectivity index (χ3n) is 3.32. The molecule has 0 aliphatic carbocycles. The highest BCUT2D eigenvalue weighted by molar-refractivity contribution is 9.10. The number of benzene rings is 2. The van der Waals surface area contributed by atoms with Gasteiger partial charge in [-0.25, -0.2) is 0 Å². The normalized spacial score (nSPS) is 10.8. The first kappa shape index (κ1) is 13.8. The Kier molecular flexibility index (Phi) is 3.75. The van der Waals surface area contributed by atoms with E-state index in [0.717, 1.165) is 10.0 Å². The fraction of sp³-hybridized carbons (Fsp3) is 0.125. The summed E-state index contributed by atoms with van der Waals surface area (Å²) in [6.07, 6.45) is 0.643. The maximum absolute atomic E-state index is 5.96. The van der Waals surface area contributed by atoms with Crippen LogP contribution in [0.3, 0.4) is 0 Å². The molecule has 1 heterocycles. The molecular weight excluding hydrogens is 330 g/mol. The van der Waals surface area contributed by atoms with Crippen LogP contribution in [0, 0.1) is 6.92 Å². The number of hydrogen-bond donors (Lipinski definition) is 1. The molecule has 1 aromatic heterocycles. The molecule has 0 radical (unpaired) electrons. The molecular formula is C16H14BrN3O. The van der Waals surface area contributed by atoms with Gasteiger partial charge in [-0.05, 0) is 36.2 Å². The molecule has 0 saturated heterocycles. The van der Waals surface area contributed by atoms with E-state index in [-0.39, 0.29) is 0 Å². The number of nitrogens with two attached hydrogens (primary N) is 1. The van der Waals surface area contributed by atoms with Crippen LogP contribution < -0.4 is 5.73 Å². The van der Waals surface area contributed by atoms with Crippen molar-refractivity contribution in [1.82, 2.24) is 10.1 Å². The number of halogens is 1. The van der Waals surface area contributed by atoms with Crippen LogP contribution in [0.1, 0.15) is 17.0 Å². The van der Waals surface area contributed by atoms with E-state index < -0.39 is 0 Å². The highest BCUT2D eigenvalue weighted by Crippen LogP contribution is 2.28. The third-order valence-corrected chi connectivity index (χ3v) is 3.82. The summed E-state index contributed by atoms with van der Waals surface area (Å²) in [4.78, 5) is 4.44. The summed E-state index contributed by atoms with van der Waals surface area (Å²) >= 11 is 3.42. The van der Waals surface area contributed by atoms with Gasteiger partial charge in [0.25, 0.3) is 5.89 Å². The second-order valence-corrected chi connectivity index (χ2v) is 5.77. The molecule has 0 unspecified atom stereocenters. The summed E-state index contributed by atoms with van der Waals surface area (Å²) in [6.45, 7) is 2.07. The van der Waals surface area contributed by atoms with Crippen LogP contribution >= 0.6 is 15.9 Å². The second kappa shape index (κ2) is 5.69. The van der Waals surface area contributed by atoms with Gasteiger partial charge in [0.2, 0.25) is 0 Å². The van der Waals surface area contributed by atoms with E-state index in [0.29, 0.717) is 23.8 Å². The van der Waals surface area contributed by atoms with Crippen LogP contribution in [0.2, 0.25) is 0 Å².